The molecule has 0 atom stereocenters. The van der Waals surface area contributed by atoms with Crippen LogP contribution >= 0.6 is 0 Å². The van der Waals surface area contributed by atoms with Crippen LogP contribution in [0.15, 0.2) is 67.3 Å². The number of carbonyl (C=O) groups excluding carboxylic acids is 1. The molecule has 1 amide bonds. The van der Waals surface area contributed by atoms with E-state index in [-0.39, 0.29) is 5.56 Å². The van der Waals surface area contributed by atoms with Gasteiger partial charge in [0.1, 0.15) is 0 Å². The fourth-order valence-electron chi connectivity index (χ4n) is 2.17. The van der Waals surface area contributed by atoms with Crippen molar-refractivity contribution < 1.29 is 18.0 Å². The van der Waals surface area contributed by atoms with E-state index in [1.165, 1.54) is 12.1 Å². The second kappa shape index (κ2) is 6.19. The molecule has 3 rings (SSSR count). The molecule has 7 heteroatoms. The number of nitrogens with one attached hydrogen (secondary N) is 1. The Bertz CT molecular complexity index is 840. The lowest BCUT2D eigenvalue weighted by atomic mass is 10.1. The Labute approximate surface area is 135 Å². The summed E-state index contributed by atoms with van der Waals surface area (Å²) in [5.74, 6) is -0.600. The van der Waals surface area contributed by atoms with Crippen molar-refractivity contribution in [3.8, 4) is 5.69 Å². The second-order valence-corrected chi connectivity index (χ2v) is 5.05. The SMILES string of the molecule is O=C(Nc1ccc(-n2ccnc2)cc1)c1cccc(C(F)(F)F)c1. The van der Waals surface area contributed by atoms with Crippen LogP contribution in [0, 0.1) is 0 Å². The van der Waals surface area contributed by atoms with Gasteiger partial charge in [-0.2, -0.15) is 13.2 Å². The fourth-order valence-corrected chi connectivity index (χ4v) is 2.17. The predicted octanol–water partition coefficient (Wildman–Crippen LogP) is 4.14. The molecular weight excluding hydrogens is 319 g/mol. The number of amides is 1. The molecule has 0 bridgehead atoms. The van der Waals surface area contributed by atoms with Crippen LogP contribution in [-0.4, -0.2) is 15.5 Å². The molecule has 0 aliphatic rings. The van der Waals surface area contributed by atoms with Gasteiger partial charge in [-0.1, -0.05) is 6.07 Å². The number of halogens is 3. The Morgan fingerprint density at radius 2 is 1.83 bits per heavy atom. The van der Waals surface area contributed by atoms with E-state index < -0.39 is 17.6 Å². The minimum atomic E-state index is -4.48. The number of nitrogens with zero attached hydrogens (tertiary/aromatic N) is 2. The highest BCUT2D eigenvalue weighted by Crippen LogP contribution is 2.29. The van der Waals surface area contributed by atoms with Crippen LogP contribution in [0.5, 0.6) is 0 Å². The van der Waals surface area contributed by atoms with Crippen molar-refractivity contribution >= 4 is 11.6 Å². The third-order valence-electron chi connectivity index (χ3n) is 3.38. The van der Waals surface area contributed by atoms with Gasteiger partial charge in [-0.25, -0.2) is 4.98 Å². The summed E-state index contributed by atoms with van der Waals surface area (Å²) in [6, 6.07) is 11.2. The van der Waals surface area contributed by atoms with Crippen LogP contribution in [0.1, 0.15) is 15.9 Å². The minimum Gasteiger partial charge on any atom is -0.322 e. The van der Waals surface area contributed by atoms with Crippen molar-refractivity contribution in [1.82, 2.24) is 9.55 Å². The van der Waals surface area contributed by atoms with Gasteiger partial charge in [0.25, 0.3) is 5.91 Å². The van der Waals surface area contributed by atoms with Crippen LogP contribution in [0.2, 0.25) is 0 Å². The normalized spacial score (nSPS) is 11.3. The van der Waals surface area contributed by atoms with Crippen molar-refractivity contribution in [2.24, 2.45) is 0 Å². The summed E-state index contributed by atoms with van der Waals surface area (Å²) in [4.78, 5) is 16.1. The van der Waals surface area contributed by atoms with Gasteiger partial charge in [0.15, 0.2) is 0 Å². The first-order valence-electron chi connectivity index (χ1n) is 7.00. The summed E-state index contributed by atoms with van der Waals surface area (Å²) in [6.07, 6.45) is 0.568. The molecule has 1 heterocycles. The molecule has 2 aromatic carbocycles. The first kappa shape index (κ1) is 15.8. The van der Waals surface area contributed by atoms with Gasteiger partial charge >= 0.3 is 6.18 Å². The van der Waals surface area contributed by atoms with Gasteiger partial charge in [0.2, 0.25) is 0 Å². The lowest BCUT2D eigenvalue weighted by Crippen LogP contribution is -2.13. The minimum absolute atomic E-state index is 0.0523. The summed E-state index contributed by atoms with van der Waals surface area (Å²) in [5, 5.41) is 2.58. The summed E-state index contributed by atoms with van der Waals surface area (Å²) in [5.41, 5.74) is 0.431. The number of hydrogen-bond acceptors (Lipinski definition) is 2. The molecule has 24 heavy (non-hydrogen) atoms. The molecule has 0 saturated carbocycles. The number of aromatic nitrogens is 2. The third-order valence-corrected chi connectivity index (χ3v) is 3.38. The third kappa shape index (κ3) is 3.45. The second-order valence-electron chi connectivity index (χ2n) is 5.05. The van der Waals surface area contributed by atoms with Gasteiger partial charge in [-0.05, 0) is 42.5 Å². The maximum atomic E-state index is 12.7. The molecule has 1 aromatic heterocycles. The number of alkyl halides is 3. The van der Waals surface area contributed by atoms with Crippen molar-refractivity contribution in [3.05, 3.63) is 78.4 Å². The highest BCUT2D eigenvalue weighted by molar-refractivity contribution is 6.04. The molecule has 1 N–H and O–H groups in total. The van der Waals surface area contributed by atoms with Crippen molar-refractivity contribution in [2.45, 2.75) is 6.18 Å². The largest absolute Gasteiger partial charge is 0.416 e. The maximum absolute atomic E-state index is 12.7. The fraction of sp³-hybridized carbons (Fsp3) is 0.0588. The number of benzene rings is 2. The number of imidazole rings is 1. The first-order valence-corrected chi connectivity index (χ1v) is 7.00. The number of carbonyl (C=O) groups is 1. The molecule has 0 radical (unpaired) electrons. The Hall–Kier alpha value is -3.09. The zero-order valence-corrected chi connectivity index (χ0v) is 12.3. The highest BCUT2D eigenvalue weighted by Gasteiger charge is 2.30. The van der Waals surface area contributed by atoms with E-state index in [2.05, 4.69) is 10.3 Å². The molecule has 4 nitrogen and oxygen atoms in total. The van der Waals surface area contributed by atoms with Crippen LogP contribution in [0.4, 0.5) is 18.9 Å². The van der Waals surface area contributed by atoms with Crippen LogP contribution in [0.25, 0.3) is 5.69 Å². The quantitative estimate of drug-likeness (QED) is 0.784. The van der Waals surface area contributed by atoms with E-state index in [0.29, 0.717) is 5.69 Å². The lowest BCUT2D eigenvalue weighted by Gasteiger charge is -2.10. The maximum Gasteiger partial charge on any atom is 0.416 e. The van der Waals surface area contributed by atoms with Crippen molar-refractivity contribution in [2.75, 3.05) is 5.32 Å². The van der Waals surface area contributed by atoms with E-state index >= 15 is 0 Å². The average Bonchev–Trinajstić information content (AvgIpc) is 3.09. The van der Waals surface area contributed by atoms with Gasteiger partial charge in [-0.3, -0.25) is 4.79 Å². The number of rotatable bonds is 3. The molecule has 0 aliphatic carbocycles. The summed E-state index contributed by atoms with van der Waals surface area (Å²) in [7, 11) is 0. The molecule has 0 spiro atoms. The van der Waals surface area contributed by atoms with Crippen molar-refractivity contribution in [1.29, 1.82) is 0 Å². The smallest absolute Gasteiger partial charge is 0.322 e. The molecule has 0 unspecified atom stereocenters. The Kier molecular flexibility index (Phi) is 4.07. The Morgan fingerprint density at radius 3 is 2.46 bits per heavy atom. The molecule has 3 aromatic rings. The molecular formula is C17H12F3N3O. The topological polar surface area (TPSA) is 46.9 Å². The molecule has 0 aliphatic heterocycles. The molecule has 0 saturated heterocycles. The van der Waals surface area contributed by atoms with E-state index in [1.54, 1.807) is 47.6 Å². The zero-order chi connectivity index (χ0) is 17.2. The first-order chi connectivity index (χ1) is 11.4. The van der Waals surface area contributed by atoms with Gasteiger partial charge in [0.05, 0.1) is 11.9 Å². The molecule has 0 fully saturated rings. The van der Waals surface area contributed by atoms with E-state index in [9.17, 15) is 18.0 Å². The summed E-state index contributed by atoms with van der Waals surface area (Å²) >= 11 is 0. The van der Waals surface area contributed by atoms with Crippen molar-refractivity contribution in [3.63, 3.8) is 0 Å². The predicted molar refractivity (Wildman–Crippen MR) is 83.0 cm³/mol. The molecule has 122 valence electrons. The Morgan fingerprint density at radius 1 is 1.08 bits per heavy atom. The lowest BCUT2D eigenvalue weighted by molar-refractivity contribution is -0.137. The van der Waals surface area contributed by atoms with Crippen LogP contribution in [0.3, 0.4) is 0 Å². The number of hydrogen-bond donors (Lipinski definition) is 1. The summed E-state index contributed by atoms with van der Waals surface area (Å²) < 4.78 is 39.9. The van der Waals surface area contributed by atoms with Crippen LogP contribution < -0.4 is 5.32 Å². The average molecular weight is 331 g/mol. The monoisotopic (exact) mass is 331 g/mol. The highest BCUT2D eigenvalue weighted by atomic mass is 19.4. The van der Waals surface area contributed by atoms with E-state index in [1.807, 2.05) is 0 Å². The van der Waals surface area contributed by atoms with Gasteiger partial charge in [-0.15, -0.1) is 0 Å². The van der Waals surface area contributed by atoms with E-state index in [4.69, 9.17) is 0 Å². The van der Waals surface area contributed by atoms with Crippen LogP contribution in [-0.2, 0) is 6.18 Å². The summed E-state index contributed by atoms with van der Waals surface area (Å²) in [6.45, 7) is 0. The standard InChI is InChI=1S/C17H12F3N3O/c18-17(19,20)13-3-1-2-12(10-13)16(24)22-14-4-6-15(7-5-14)23-9-8-21-11-23/h1-11H,(H,22,24). The van der Waals surface area contributed by atoms with Gasteiger partial charge < -0.3 is 9.88 Å². The number of anilines is 1. The zero-order valence-electron chi connectivity index (χ0n) is 12.3. The van der Waals surface area contributed by atoms with E-state index in [0.717, 1.165) is 17.8 Å². The van der Waals surface area contributed by atoms with Gasteiger partial charge in [0, 0.05) is 29.3 Å². The Balaban J connectivity index is 1.75.